The first kappa shape index (κ1) is 12.6. The molecule has 0 aromatic rings. The highest BCUT2D eigenvalue weighted by molar-refractivity contribution is 5.92. The summed E-state index contributed by atoms with van der Waals surface area (Å²) in [6.07, 6.45) is 3.03. The van der Waals surface area contributed by atoms with E-state index < -0.39 is 22.8 Å². The van der Waals surface area contributed by atoms with Crippen LogP contribution in [-0.2, 0) is 9.53 Å². The Morgan fingerprint density at radius 1 is 1.21 bits per heavy atom. The zero-order valence-corrected chi connectivity index (χ0v) is 10.7. The maximum atomic E-state index is 11.8. The molecule has 102 valence electrons. The van der Waals surface area contributed by atoms with Crippen molar-refractivity contribution in [2.75, 3.05) is 0 Å². The molecule has 0 amide bonds. The minimum Gasteiger partial charge on any atom is -0.455 e. The molecule has 0 radical (unpaired) electrons. The van der Waals surface area contributed by atoms with E-state index in [-0.39, 0.29) is 11.5 Å². The van der Waals surface area contributed by atoms with Gasteiger partial charge in [-0.2, -0.15) is 5.26 Å². The van der Waals surface area contributed by atoms with Crippen LogP contribution in [0.1, 0.15) is 38.5 Å². The molecule has 4 aliphatic carbocycles. The van der Waals surface area contributed by atoms with E-state index in [1.807, 2.05) is 0 Å². The van der Waals surface area contributed by atoms with Gasteiger partial charge in [-0.15, -0.1) is 0 Å². The lowest BCUT2D eigenvalue weighted by Gasteiger charge is -2.62. The summed E-state index contributed by atoms with van der Waals surface area (Å²) in [7, 11) is 0. The van der Waals surface area contributed by atoms with Gasteiger partial charge in [-0.1, -0.05) is 6.58 Å². The van der Waals surface area contributed by atoms with Crippen molar-refractivity contribution in [2.24, 2.45) is 5.92 Å². The van der Waals surface area contributed by atoms with E-state index in [0.717, 1.165) is 0 Å². The van der Waals surface area contributed by atoms with E-state index in [1.54, 1.807) is 6.07 Å². The van der Waals surface area contributed by atoms with Crippen LogP contribution < -0.4 is 0 Å². The van der Waals surface area contributed by atoms with Crippen LogP contribution in [0.5, 0.6) is 0 Å². The van der Waals surface area contributed by atoms with Crippen LogP contribution in [0.3, 0.4) is 0 Å². The molecule has 0 aromatic carbocycles. The van der Waals surface area contributed by atoms with E-state index in [9.17, 15) is 15.0 Å². The second-order valence-corrected chi connectivity index (χ2v) is 6.62. The molecular formula is C14H17NO4. The van der Waals surface area contributed by atoms with Crippen LogP contribution >= 0.6 is 0 Å². The quantitative estimate of drug-likeness (QED) is 0.437. The second kappa shape index (κ2) is 3.59. The zero-order chi connectivity index (χ0) is 13.9. The second-order valence-electron chi connectivity index (χ2n) is 6.62. The molecule has 19 heavy (non-hydrogen) atoms. The first-order chi connectivity index (χ1) is 8.77. The number of nitrogens with zero attached hydrogens (tertiary/aromatic N) is 1. The summed E-state index contributed by atoms with van der Waals surface area (Å²) in [5.41, 5.74) is -2.96. The zero-order valence-electron chi connectivity index (χ0n) is 10.7. The van der Waals surface area contributed by atoms with Crippen molar-refractivity contribution in [1.82, 2.24) is 0 Å². The fraction of sp³-hybridized carbons (Fsp3) is 0.714. The van der Waals surface area contributed by atoms with Gasteiger partial charge in [0.05, 0.1) is 11.2 Å². The number of aliphatic hydroxyl groups is 2. The lowest BCUT2D eigenvalue weighted by Crippen LogP contribution is -2.67. The van der Waals surface area contributed by atoms with Crippen molar-refractivity contribution in [2.45, 2.75) is 55.3 Å². The molecule has 4 rings (SSSR count). The first-order valence-corrected chi connectivity index (χ1v) is 6.54. The van der Waals surface area contributed by atoms with Crippen LogP contribution in [-0.4, -0.2) is 33.0 Å². The molecule has 0 heterocycles. The van der Waals surface area contributed by atoms with Gasteiger partial charge in [-0.05, 0) is 25.2 Å². The van der Waals surface area contributed by atoms with E-state index in [0.29, 0.717) is 38.5 Å². The molecule has 4 saturated carbocycles. The maximum absolute atomic E-state index is 11.8. The normalized spacial score (nSPS) is 46.7. The molecule has 0 aliphatic heterocycles. The van der Waals surface area contributed by atoms with Gasteiger partial charge in [0, 0.05) is 19.3 Å². The number of carbonyl (C=O) groups is 1. The molecule has 5 heteroatoms. The number of ether oxygens (including phenoxy) is 1. The van der Waals surface area contributed by atoms with Gasteiger partial charge in [-0.25, -0.2) is 4.79 Å². The molecule has 4 bridgehead atoms. The molecule has 0 spiro atoms. The summed E-state index contributed by atoms with van der Waals surface area (Å²) in [6, 6.07) is 1.67. The van der Waals surface area contributed by atoms with Crippen molar-refractivity contribution in [3.8, 4) is 6.07 Å². The Hall–Kier alpha value is -1.38. The minimum atomic E-state index is -0.942. The van der Waals surface area contributed by atoms with Gasteiger partial charge in [0.2, 0.25) is 0 Å². The number of nitriles is 1. The Morgan fingerprint density at radius 3 is 2.26 bits per heavy atom. The lowest BCUT2D eigenvalue weighted by atomic mass is 9.50. The number of esters is 1. The van der Waals surface area contributed by atoms with Crippen LogP contribution in [0.2, 0.25) is 0 Å². The average molecular weight is 263 g/mol. The van der Waals surface area contributed by atoms with E-state index >= 15 is 0 Å². The summed E-state index contributed by atoms with van der Waals surface area (Å²) >= 11 is 0. The first-order valence-electron chi connectivity index (χ1n) is 6.54. The van der Waals surface area contributed by atoms with Crippen LogP contribution in [0, 0.1) is 17.2 Å². The Bertz CT molecular complexity index is 488. The highest BCUT2D eigenvalue weighted by Crippen LogP contribution is 2.60. The monoisotopic (exact) mass is 263 g/mol. The fourth-order valence-corrected chi connectivity index (χ4v) is 4.67. The summed E-state index contributed by atoms with van der Waals surface area (Å²) in [6.45, 7) is 3.35. The summed E-state index contributed by atoms with van der Waals surface area (Å²) in [4.78, 5) is 11.8. The third-order valence-corrected chi connectivity index (χ3v) is 4.65. The molecular weight excluding hydrogens is 246 g/mol. The smallest absolute Gasteiger partial charge is 0.348 e. The Balaban J connectivity index is 1.87. The molecule has 2 N–H and O–H groups in total. The fourth-order valence-electron chi connectivity index (χ4n) is 4.67. The average Bonchev–Trinajstić information content (AvgIpc) is 2.21. The number of hydrogen-bond donors (Lipinski definition) is 2. The van der Waals surface area contributed by atoms with E-state index in [4.69, 9.17) is 10.00 Å². The van der Waals surface area contributed by atoms with Gasteiger partial charge in [0.1, 0.15) is 17.2 Å². The third-order valence-electron chi connectivity index (χ3n) is 4.65. The van der Waals surface area contributed by atoms with Crippen molar-refractivity contribution in [3.63, 3.8) is 0 Å². The predicted octanol–water partition coefficient (Wildman–Crippen LogP) is 0.808. The van der Waals surface area contributed by atoms with Crippen molar-refractivity contribution in [1.29, 1.82) is 5.26 Å². The highest BCUT2D eigenvalue weighted by Gasteiger charge is 2.64. The predicted molar refractivity (Wildman–Crippen MR) is 64.7 cm³/mol. The molecule has 4 aliphatic rings. The number of hydrogen-bond acceptors (Lipinski definition) is 5. The van der Waals surface area contributed by atoms with Crippen molar-refractivity contribution < 1.29 is 19.7 Å². The number of carbonyl (C=O) groups excluding carboxylic acids is 1. The van der Waals surface area contributed by atoms with Crippen LogP contribution in [0.15, 0.2) is 12.2 Å². The summed E-state index contributed by atoms with van der Waals surface area (Å²) < 4.78 is 5.45. The van der Waals surface area contributed by atoms with Crippen LogP contribution in [0.25, 0.3) is 0 Å². The van der Waals surface area contributed by atoms with Gasteiger partial charge < -0.3 is 14.9 Å². The molecule has 2 atom stereocenters. The molecule has 5 nitrogen and oxygen atoms in total. The van der Waals surface area contributed by atoms with Gasteiger partial charge >= 0.3 is 5.97 Å². The summed E-state index contributed by atoms with van der Waals surface area (Å²) in [5, 5.41) is 29.7. The molecule has 0 saturated heterocycles. The van der Waals surface area contributed by atoms with Gasteiger partial charge in [0.25, 0.3) is 0 Å². The van der Waals surface area contributed by atoms with E-state index in [1.165, 1.54) is 0 Å². The Labute approximate surface area is 111 Å². The van der Waals surface area contributed by atoms with Crippen molar-refractivity contribution >= 4 is 5.97 Å². The highest BCUT2D eigenvalue weighted by atomic mass is 16.6. The summed E-state index contributed by atoms with van der Waals surface area (Å²) in [5.74, 6) is -0.564. The van der Waals surface area contributed by atoms with Gasteiger partial charge in [0.15, 0.2) is 0 Å². The molecule has 4 fully saturated rings. The standard InChI is InChI=1S/C14H17NO4/c1-9(5-15)11(16)19-14-4-10-2-12(17,7-14)6-13(18,3-10)8-14/h10,17-18H,1-4,6-8H2. The Kier molecular flexibility index (Phi) is 2.39. The third kappa shape index (κ3) is 1.96. The van der Waals surface area contributed by atoms with Crippen LogP contribution in [0.4, 0.5) is 0 Å². The number of rotatable bonds is 2. The topological polar surface area (TPSA) is 90.6 Å². The molecule has 2 unspecified atom stereocenters. The van der Waals surface area contributed by atoms with E-state index in [2.05, 4.69) is 6.58 Å². The van der Waals surface area contributed by atoms with Gasteiger partial charge in [-0.3, -0.25) is 0 Å². The lowest BCUT2D eigenvalue weighted by molar-refractivity contribution is -0.259. The van der Waals surface area contributed by atoms with Crippen molar-refractivity contribution in [3.05, 3.63) is 12.2 Å². The molecule has 0 aromatic heterocycles. The Morgan fingerprint density at radius 2 is 1.79 bits per heavy atom. The largest absolute Gasteiger partial charge is 0.455 e. The SMILES string of the molecule is C=C(C#N)C(=O)OC12CC3CC(O)(CC(O)(C3)C1)C2. The maximum Gasteiger partial charge on any atom is 0.348 e. The minimum absolute atomic E-state index is 0.175.